The number of hydrogen-bond acceptors (Lipinski definition) is 8. The van der Waals surface area contributed by atoms with E-state index in [2.05, 4.69) is 4.98 Å². The van der Waals surface area contributed by atoms with Gasteiger partial charge in [-0.25, -0.2) is 0 Å². The van der Waals surface area contributed by atoms with Crippen molar-refractivity contribution in [2.75, 3.05) is 13.7 Å². The number of fused-ring (bicyclic) bond motifs is 1. The van der Waals surface area contributed by atoms with E-state index in [1.165, 1.54) is 0 Å². The third kappa shape index (κ3) is 7.32. The molecule has 1 saturated carbocycles. The zero-order chi connectivity index (χ0) is 28.6. The Morgan fingerprint density at radius 3 is 2.61 bits per heavy atom. The molecule has 0 bridgehead atoms. The lowest BCUT2D eigenvalue weighted by Crippen LogP contribution is -2.35. The molecule has 0 saturated heterocycles. The average Bonchev–Trinajstić information content (AvgIpc) is 3.50. The van der Waals surface area contributed by atoms with Crippen LogP contribution in [0.3, 0.4) is 0 Å². The van der Waals surface area contributed by atoms with Crippen LogP contribution >= 0.6 is 0 Å². The summed E-state index contributed by atoms with van der Waals surface area (Å²) in [5.41, 5.74) is 7.87. The van der Waals surface area contributed by atoms with Gasteiger partial charge in [-0.3, -0.25) is 14.6 Å². The highest BCUT2D eigenvalue weighted by atomic mass is 16.5. The molecule has 8 heteroatoms. The summed E-state index contributed by atoms with van der Waals surface area (Å²) in [6, 6.07) is 12.6. The molecule has 0 amide bonds. The Balaban J connectivity index is 1.20. The van der Waals surface area contributed by atoms with Gasteiger partial charge in [-0.1, -0.05) is 30.4 Å². The Hall–Kier alpha value is -4.17. The van der Waals surface area contributed by atoms with Gasteiger partial charge in [0.2, 0.25) is 0 Å². The van der Waals surface area contributed by atoms with Crippen LogP contribution in [-0.2, 0) is 20.7 Å². The molecule has 1 unspecified atom stereocenters. The predicted octanol–water partition coefficient (Wildman–Crippen LogP) is 5.86. The largest absolute Gasteiger partial charge is 0.493 e. The second-order valence-corrected chi connectivity index (χ2v) is 10.5. The molecule has 0 aliphatic heterocycles. The SMILES string of the molecule is COc1cc2c(Oc3ccc(CCC4C=CC=CC4=O)cc3)ccnc2cc1OCC[C@H](N)C(=O)OC1CCCC1. The van der Waals surface area contributed by atoms with Crippen LogP contribution in [0.25, 0.3) is 10.9 Å². The molecule has 0 radical (unpaired) electrons. The summed E-state index contributed by atoms with van der Waals surface area (Å²) in [4.78, 5) is 28.8. The van der Waals surface area contributed by atoms with Gasteiger partial charge in [0.15, 0.2) is 17.3 Å². The molecule has 0 spiro atoms. The van der Waals surface area contributed by atoms with E-state index in [0.717, 1.165) is 49.5 Å². The number of nitrogens with two attached hydrogens (primary N) is 1. The first-order valence-corrected chi connectivity index (χ1v) is 14.2. The summed E-state index contributed by atoms with van der Waals surface area (Å²) >= 11 is 0. The van der Waals surface area contributed by atoms with Crippen molar-refractivity contribution in [3.05, 3.63) is 78.5 Å². The molecule has 5 rings (SSSR count). The Labute approximate surface area is 240 Å². The highest BCUT2D eigenvalue weighted by Gasteiger charge is 2.23. The molecular formula is C33H36N2O6. The third-order valence-corrected chi connectivity index (χ3v) is 7.54. The number of allylic oxidation sites excluding steroid dienone is 4. The van der Waals surface area contributed by atoms with Crippen LogP contribution in [0.2, 0.25) is 0 Å². The Morgan fingerprint density at radius 2 is 1.85 bits per heavy atom. The summed E-state index contributed by atoms with van der Waals surface area (Å²) in [7, 11) is 1.57. The number of aryl methyl sites for hydroxylation is 1. The first-order valence-electron chi connectivity index (χ1n) is 14.2. The third-order valence-electron chi connectivity index (χ3n) is 7.54. The topological polar surface area (TPSA) is 110 Å². The monoisotopic (exact) mass is 556 g/mol. The summed E-state index contributed by atoms with van der Waals surface area (Å²) in [5.74, 6) is 2.07. The molecule has 3 aromatic rings. The van der Waals surface area contributed by atoms with Crippen molar-refractivity contribution in [2.24, 2.45) is 11.7 Å². The number of rotatable bonds is 12. The number of carbonyl (C=O) groups excluding carboxylic acids is 2. The number of ether oxygens (including phenoxy) is 4. The lowest BCUT2D eigenvalue weighted by atomic mass is 9.92. The van der Waals surface area contributed by atoms with Gasteiger partial charge in [-0.05, 0) is 74.4 Å². The van der Waals surface area contributed by atoms with Crippen molar-refractivity contribution in [3.63, 3.8) is 0 Å². The van der Waals surface area contributed by atoms with Gasteiger partial charge in [0.1, 0.15) is 23.6 Å². The minimum absolute atomic E-state index is 0.0100. The molecule has 214 valence electrons. The van der Waals surface area contributed by atoms with E-state index >= 15 is 0 Å². The predicted molar refractivity (Wildman–Crippen MR) is 156 cm³/mol. The number of hydrogen-bond donors (Lipinski definition) is 1. The van der Waals surface area contributed by atoms with Crippen molar-refractivity contribution in [1.82, 2.24) is 4.98 Å². The maximum Gasteiger partial charge on any atom is 0.323 e. The number of benzene rings is 2. The van der Waals surface area contributed by atoms with Crippen LogP contribution in [-0.4, -0.2) is 42.6 Å². The number of carbonyl (C=O) groups is 2. The number of nitrogens with zero attached hydrogens (tertiary/aromatic N) is 1. The van der Waals surface area contributed by atoms with E-state index in [0.29, 0.717) is 34.9 Å². The van der Waals surface area contributed by atoms with Crippen LogP contribution in [0.4, 0.5) is 0 Å². The molecule has 2 aromatic carbocycles. The van der Waals surface area contributed by atoms with Gasteiger partial charge < -0.3 is 24.7 Å². The number of esters is 1. The van der Waals surface area contributed by atoms with Crippen LogP contribution in [0, 0.1) is 5.92 Å². The zero-order valence-corrected chi connectivity index (χ0v) is 23.3. The van der Waals surface area contributed by atoms with Gasteiger partial charge in [0.25, 0.3) is 0 Å². The second-order valence-electron chi connectivity index (χ2n) is 10.5. The summed E-state index contributed by atoms with van der Waals surface area (Å²) in [6.45, 7) is 0.229. The Bertz CT molecular complexity index is 1430. The molecule has 41 heavy (non-hydrogen) atoms. The van der Waals surface area contributed by atoms with Gasteiger partial charge >= 0.3 is 5.97 Å². The highest BCUT2D eigenvalue weighted by Crippen LogP contribution is 2.37. The highest BCUT2D eigenvalue weighted by molar-refractivity contribution is 5.94. The lowest BCUT2D eigenvalue weighted by molar-refractivity contribution is -0.150. The normalized spacial score (nSPS) is 17.5. The molecule has 2 atom stereocenters. The minimum atomic E-state index is -0.740. The maximum absolute atomic E-state index is 12.3. The van der Waals surface area contributed by atoms with E-state index in [4.69, 9.17) is 24.7 Å². The van der Waals surface area contributed by atoms with E-state index in [1.807, 2.05) is 42.5 Å². The molecule has 8 nitrogen and oxygen atoms in total. The van der Waals surface area contributed by atoms with Gasteiger partial charge in [0.05, 0.1) is 19.2 Å². The van der Waals surface area contributed by atoms with Crippen molar-refractivity contribution in [3.8, 4) is 23.0 Å². The fraction of sp³-hybridized carbons (Fsp3) is 0.364. The van der Waals surface area contributed by atoms with Crippen molar-refractivity contribution < 1.29 is 28.5 Å². The van der Waals surface area contributed by atoms with Crippen LogP contribution in [0.15, 0.2) is 73.0 Å². The Kier molecular flexibility index (Phi) is 9.31. The molecule has 1 heterocycles. The van der Waals surface area contributed by atoms with Crippen molar-refractivity contribution in [1.29, 1.82) is 0 Å². The number of pyridine rings is 1. The van der Waals surface area contributed by atoms with Gasteiger partial charge in [0, 0.05) is 30.0 Å². The molecule has 2 aliphatic carbocycles. The molecule has 1 aromatic heterocycles. The number of aromatic nitrogens is 1. The van der Waals surface area contributed by atoms with E-state index in [9.17, 15) is 9.59 Å². The van der Waals surface area contributed by atoms with Crippen LogP contribution in [0.5, 0.6) is 23.0 Å². The van der Waals surface area contributed by atoms with Crippen LogP contribution in [0.1, 0.15) is 44.1 Å². The number of methoxy groups -OCH3 is 1. The van der Waals surface area contributed by atoms with Crippen LogP contribution < -0.4 is 19.9 Å². The second kappa shape index (κ2) is 13.5. The maximum atomic E-state index is 12.3. The molecule has 2 N–H and O–H groups in total. The van der Waals surface area contributed by atoms with E-state index in [1.54, 1.807) is 37.6 Å². The number of ketones is 1. The first kappa shape index (κ1) is 28.4. The standard InChI is InChI=1S/C33H36N2O6/c1-38-31-20-26-28(21-32(31)39-19-17-27(34)33(37)41-24-7-3-4-8-24)35-18-16-30(26)40-25-14-11-22(12-15-25)10-13-23-6-2-5-9-29(23)36/h2,5-6,9,11-12,14-16,18,20-21,23-24,27H,3-4,7-8,10,13,17,19,34H2,1H3/t23?,27-/m0/s1. The molecule has 1 fully saturated rings. The molecular weight excluding hydrogens is 520 g/mol. The quantitative estimate of drug-likeness (QED) is 0.276. The first-order chi connectivity index (χ1) is 20.0. The summed E-state index contributed by atoms with van der Waals surface area (Å²) < 4.78 is 23.3. The van der Waals surface area contributed by atoms with Gasteiger partial charge in [-0.2, -0.15) is 0 Å². The Morgan fingerprint density at radius 1 is 1.05 bits per heavy atom. The lowest BCUT2D eigenvalue weighted by Gasteiger charge is -2.17. The zero-order valence-electron chi connectivity index (χ0n) is 23.3. The van der Waals surface area contributed by atoms with Gasteiger partial charge in [-0.15, -0.1) is 0 Å². The summed E-state index contributed by atoms with van der Waals surface area (Å²) in [6.07, 6.45) is 14.9. The minimum Gasteiger partial charge on any atom is -0.493 e. The van der Waals surface area contributed by atoms with Crippen molar-refractivity contribution in [2.45, 2.75) is 57.1 Å². The average molecular weight is 557 g/mol. The smallest absolute Gasteiger partial charge is 0.323 e. The van der Waals surface area contributed by atoms with Crippen molar-refractivity contribution >= 4 is 22.7 Å². The van der Waals surface area contributed by atoms with E-state index in [-0.39, 0.29) is 30.4 Å². The molecule has 2 aliphatic rings. The fourth-order valence-electron chi connectivity index (χ4n) is 5.14. The van der Waals surface area contributed by atoms with E-state index < -0.39 is 6.04 Å². The summed E-state index contributed by atoms with van der Waals surface area (Å²) in [5, 5.41) is 0.772. The fourth-order valence-corrected chi connectivity index (χ4v) is 5.14.